The summed E-state index contributed by atoms with van der Waals surface area (Å²) in [5.74, 6) is 0.564. The van der Waals surface area contributed by atoms with E-state index in [2.05, 4.69) is 10.6 Å². The quantitative estimate of drug-likeness (QED) is 0.602. The second-order valence-corrected chi connectivity index (χ2v) is 5.95. The summed E-state index contributed by atoms with van der Waals surface area (Å²) in [6.45, 7) is 2.26. The molecule has 0 atom stereocenters. The van der Waals surface area contributed by atoms with Gasteiger partial charge in [-0.1, -0.05) is 11.6 Å². The van der Waals surface area contributed by atoms with Gasteiger partial charge in [0, 0.05) is 30.1 Å². The van der Waals surface area contributed by atoms with Crippen molar-refractivity contribution in [3.8, 4) is 0 Å². The predicted molar refractivity (Wildman–Crippen MR) is 92.0 cm³/mol. The Balaban J connectivity index is 0.00000264. The molecule has 0 bridgehead atoms. The molecule has 1 fully saturated rings. The lowest BCUT2D eigenvalue weighted by molar-refractivity contribution is -0.384. The molecule has 0 spiro atoms. The van der Waals surface area contributed by atoms with Gasteiger partial charge >= 0.3 is 0 Å². The highest BCUT2D eigenvalue weighted by Gasteiger charge is 2.15. The second-order valence-electron chi connectivity index (χ2n) is 5.54. The number of carbonyl (C=O) groups is 1. The van der Waals surface area contributed by atoms with Crippen LogP contribution >= 0.6 is 24.0 Å². The van der Waals surface area contributed by atoms with Crippen LogP contribution in [0.3, 0.4) is 0 Å². The number of nitrogens with zero attached hydrogens (tertiary/aromatic N) is 1. The SMILES string of the molecule is Cl.O=C(CCC1CCNCC1)NCc1cc([N+](=O)[O-])ccc1Cl. The average Bonchev–Trinajstić information content (AvgIpc) is 2.53. The van der Waals surface area contributed by atoms with Crippen LogP contribution in [0, 0.1) is 16.0 Å². The minimum atomic E-state index is -0.473. The van der Waals surface area contributed by atoms with E-state index in [1.54, 1.807) is 0 Å². The Morgan fingerprint density at radius 1 is 1.39 bits per heavy atom. The Morgan fingerprint density at radius 3 is 2.74 bits per heavy atom. The zero-order valence-corrected chi connectivity index (χ0v) is 14.3. The van der Waals surface area contributed by atoms with Gasteiger partial charge in [0.25, 0.3) is 5.69 Å². The van der Waals surface area contributed by atoms with Crippen molar-refractivity contribution in [1.29, 1.82) is 0 Å². The Labute approximate surface area is 146 Å². The molecule has 0 aliphatic carbocycles. The van der Waals surface area contributed by atoms with Crippen molar-refractivity contribution >= 4 is 35.6 Å². The van der Waals surface area contributed by atoms with Crippen LogP contribution in [0.5, 0.6) is 0 Å². The standard InChI is InChI=1S/C15H20ClN3O3.ClH/c16-14-3-2-13(19(21)22)9-12(14)10-18-15(20)4-1-11-5-7-17-8-6-11;/h2-3,9,11,17H,1,4-8,10H2,(H,18,20);1H. The molecule has 1 aromatic rings. The lowest BCUT2D eigenvalue weighted by atomic mass is 9.93. The van der Waals surface area contributed by atoms with E-state index in [1.165, 1.54) is 18.2 Å². The number of hydrogen-bond donors (Lipinski definition) is 2. The molecule has 1 aromatic carbocycles. The maximum atomic E-state index is 11.9. The largest absolute Gasteiger partial charge is 0.352 e. The summed E-state index contributed by atoms with van der Waals surface area (Å²) >= 11 is 6.00. The molecule has 2 N–H and O–H groups in total. The Bertz CT molecular complexity index is 549. The summed E-state index contributed by atoms with van der Waals surface area (Å²) < 4.78 is 0. The third kappa shape index (κ3) is 6.33. The van der Waals surface area contributed by atoms with Crippen molar-refractivity contribution in [2.24, 2.45) is 5.92 Å². The number of carbonyl (C=O) groups excluding carboxylic acids is 1. The van der Waals surface area contributed by atoms with Crippen LogP contribution in [0.4, 0.5) is 5.69 Å². The molecular weight excluding hydrogens is 341 g/mol. The molecule has 23 heavy (non-hydrogen) atoms. The van der Waals surface area contributed by atoms with Gasteiger partial charge < -0.3 is 10.6 Å². The Hall–Kier alpha value is -1.37. The first kappa shape index (κ1) is 19.7. The monoisotopic (exact) mass is 361 g/mol. The number of halogens is 2. The number of nitro benzene ring substituents is 1. The van der Waals surface area contributed by atoms with Crippen molar-refractivity contribution in [2.45, 2.75) is 32.2 Å². The van der Waals surface area contributed by atoms with Crippen molar-refractivity contribution in [1.82, 2.24) is 10.6 Å². The fraction of sp³-hybridized carbons (Fsp3) is 0.533. The van der Waals surface area contributed by atoms with Gasteiger partial charge in [-0.2, -0.15) is 0 Å². The number of rotatable bonds is 6. The van der Waals surface area contributed by atoms with Gasteiger partial charge in [0.1, 0.15) is 0 Å². The van der Waals surface area contributed by atoms with Crippen LogP contribution < -0.4 is 10.6 Å². The predicted octanol–water partition coefficient (Wildman–Crippen LogP) is 3.07. The highest BCUT2D eigenvalue weighted by atomic mass is 35.5. The molecule has 1 aliphatic rings. The number of piperidine rings is 1. The van der Waals surface area contributed by atoms with Gasteiger partial charge in [0.05, 0.1) is 4.92 Å². The number of non-ortho nitro benzene ring substituents is 1. The Kier molecular flexibility index (Phi) is 8.30. The minimum Gasteiger partial charge on any atom is -0.352 e. The molecule has 0 radical (unpaired) electrons. The van der Waals surface area contributed by atoms with E-state index < -0.39 is 4.92 Å². The van der Waals surface area contributed by atoms with Gasteiger partial charge in [-0.25, -0.2) is 0 Å². The Morgan fingerprint density at radius 2 is 2.09 bits per heavy atom. The van der Waals surface area contributed by atoms with Crippen molar-refractivity contribution in [2.75, 3.05) is 13.1 Å². The summed E-state index contributed by atoms with van der Waals surface area (Å²) in [5.41, 5.74) is 0.537. The van der Waals surface area contributed by atoms with Crippen LogP contribution in [-0.2, 0) is 11.3 Å². The first-order valence-electron chi connectivity index (χ1n) is 7.46. The zero-order valence-electron chi connectivity index (χ0n) is 12.7. The van der Waals surface area contributed by atoms with E-state index >= 15 is 0 Å². The molecule has 6 nitrogen and oxygen atoms in total. The molecule has 1 heterocycles. The van der Waals surface area contributed by atoms with Gasteiger partial charge in [-0.15, -0.1) is 12.4 Å². The highest BCUT2D eigenvalue weighted by Crippen LogP contribution is 2.22. The molecule has 128 valence electrons. The normalized spacial score (nSPS) is 14.8. The summed E-state index contributed by atoms with van der Waals surface area (Å²) in [6.07, 6.45) is 3.60. The molecule has 1 saturated heterocycles. The van der Waals surface area contributed by atoms with Gasteiger partial charge in [-0.05, 0) is 49.9 Å². The molecule has 2 rings (SSSR count). The van der Waals surface area contributed by atoms with Crippen LogP contribution in [0.15, 0.2) is 18.2 Å². The summed E-state index contributed by atoms with van der Waals surface area (Å²) in [7, 11) is 0. The van der Waals surface area contributed by atoms with Gasteiger partial charge in [0.15, 0.2) is 0 Å². The average molecular weight is 362 g/mol. The van der Waals surface area contributed by atoms with Crippen molar-refractivity contribution in [3.05, 3.63) is 38.9 Å². The van der Waals surface area contributed by atoms with E-state index in [9.17, 15) is 14.9 Å². The number of nitrogens with one attached hydrogen (secondary N) is 2. The first-order chi connectivity index (χ1) is 10.6. The fourth-order valence-corrected chi connectivity index (χ4v) is 2.78. The maximum absolute atomic E-state index is 11.9. The first-order valence-corrected chi connectivity index (χ1v) is 7.84. The van der Waals surface area contributed by atoms with Crippen LogP contribution in [-0.4, -0.2) is 23.9 Å². The molecule has 1 aliphatic heterocycles. The molecular formula is C15H21Cl2N3O3. The molecule has 0 unspecified atom stereocenters. The van der Waals surface area contributed by atoms with E-state index in [0.29, 0.717) is 22.9 Å². The van der Waals surface area contributed by atoms with E-state index in [4.69, 9.17) is 11.6 Å². The van der Waals surface area contributed by atoms with Crippen LogP contribution in [0.25, 0.3) is 0 Å². The topological polar surface area (TPSA) is 84.3 Å². The summed E-state index contributed by atoms with van der Waals surface area (Å²) in [6, 6.07) is 4.23. The van der Waals surface area contributed by atoms with Gasteiger partial charge in [0.2, 0.25) is 5.91 Å². The van der Waals surface area contributed by atoms with Crippen LogP contribution in [0.2, 0.25) is 5.02 Å². The molecule has 0 aromatic heterocycles. The zero-order chi connectivity index (χ0) is 15.9. The minimum absolute atomic E-state index is 0. The van der Waals surface area contributed by atoms with Crippen molar-refractivity contribution < 1.29 is 9.72 Å². The van der Waals surface area contributed by atoms with E-state index in [1.807, 2.05) is 0 Å². The molecule has 1 amide bonds. The number of nitro groups is 1. The molecule has 8 heteroatoms. The lowest BCUT2D eigenvalue weighted by Gasteiger charge is -2.22. The van der Waals surface area contributed by atoms with E-state index in [-0.39, 0.29) is 30.5 Å². The number of amides is 1. The van der Waals surface area contributed by atoms with E-state index in [0.717, 1.165) is 32.4 Å². The fourth-order valence-electron chi connectivity index (χ4n) is 2.60. The third-order valence-electron chi connectivity index (χ3n) is 3.95. The summed E-state index contributed by atoms with van der Waals surface area (Å²) in [5, 5.41) is 17.3. The maximum Gasteiger partial charge on any atom is 0.269 e. The summed E-state index contributed by atoms with van der Waals surface area (Å²) in [4.78, 5) is 22.2. The van der Waals surface area contributed by atoms with Gasteiger partial charge in [-0.3, -0.25) is 14.9 Å². The van der Waals surface area contributed by atoms with Crippen LogP contribution in [0.1, 0.15) is 31.2 Å². The number of benzene rings is 1. The van der Waals surface area contributed by atoms with Crippen molar-refractivity contribution in [3.63, 3.8) is 0 Å². The smallest absolute Gasteiger partial charge is 0.269 e. The lowest BCUT2D eigenvalue weighted by Crippen LogP contribution is -2.29. The third-order valence-corrected chi connectivity index (χ3v) is 4.32. The molecule has 0 saturated carbocycles. The second kappa shape index (κ2) is 9.70. The highest BCUT2D eigenvalue weighted by molar-refractivity contribution is 6.31. The number of hydrogen-bond acceptors (Lipinski definition) is 4.